The van der Waals surface area contributed by atoms with Crippen molar-refractivity contribution in [2.75, 3.05) is 0 Å². The Morgan fingerprint density at radius 2 is 1.95 bits per heavy atom. The van der Waals surface area contributed by atoms with Gasteiger partial charge in [-0.1, -0.05) is 30.3 Å². The van der Waals surface area contributed by atoms with Gasteiger partial charge in [0, 0.05) is 15.6 Å². The van der Waals surface area contributed by atoms with Crippen LogP contribution in [0.1, 0.15) is 22.0 Å². The molecule has 0 amide bonds. The number of aryl methyl sites for hydroxylation is 1. The molecule has 0 saturated heterocycles. The quantitative estimate of drug-likeness (QED) is 0.748. The Kier molecular flexibility index (Phi) is 3.55. The molecule has 102 valence electrons. The molecule has 0 fully saturated rings. The summed E-state index contributed by atoms with van der Waals surface area (Å²) in [6.07, 6.45) is 0.808. The number of benzene rings is 2. The second-order valence-corrected chi connectivity index (χ2v) is 6.18. The zero-order chi connectivity index (χ0) is 14.1. The summed E-state index contributed by atoms with van der Waals surface area (Å²) in [6, 6.07) is 15.2. The van der Waals surface area contributed by atoms with Gasteiger partial charge in [-0.3, -0.25) is 0 Å². The van der Waals surface area contributed by atoms with E-state index in [-0.39, 0.29) is 11.9 Å². The number of hydrogen-bond donors (Lipinski definition) is 1. The Balaban J connectivity index is 1.89. The van der Waals surface area contributed by atoms with E-state index in [4.69, 9.17) is 5.73 Å². The summed E-state index contributed by atoms with van der Waals surface area (Å²) < 4.78 is 14.2. The first-order chi connectivity index (χ1) is 9.63. The molecule has 0 saturated carbocycles. The Labute approximate surface area is 121 Å². The van der Waals surface area contributed by atoms with Crippen LogP contribution in [-0.4, -0.2) is 0 Å². The normalized spacial score (nSPS) is 12.8. The highest BCUT2D eigenvalue weighted by atomic mass is 32.1. The fourth-order valence-corrected chi connectivity index (χ4v) is 3.48. The van der Waals surface area contributed by atoms with Crippen molar-refractivity contribution < 1.29 is 4.39 Å². The van der Waals surface area contributed by atoms with Crippen molar-refractivity contribution in [3.8, 4) is 0 Å². The monoisotopic (exact) mass is 285 g/mol. The van der Waals surface area contributed by atoms with Crippen LogP contribution in [0.3, 0.4) is 0 Å². The first kappa shape index (κ1) is 13.3. The summed E-state index contributed by atoms with van der Waals surface area (Å²) in [4.78, 5) is 1.11. The standard InChI is InChI=1S/C17H16FNS/c1-11-4-2-3-5-12(11)8-15(19)17-9-13-6-7-14(18)10-16(13)20-17/h2-7,9-10,15H,8,19H2,1H3. The lowest BCUT2D eigenvalue weighted by Crippen LogP contribution is -2.12. The van der Waals surface area contributed by atoms with Gasteiger partial charge in [0.1, 0.15) is 5.82 Å². The van der Waals surface area contributed by atoms with Crippen molar-refractivity contribution in [1.82, 2.24) is 0 Å². The summed E-state index contributed by atoms with van der Waals surface area (Å²) in [5, 5.41) is 1.06. The second-order valence-electron chi connectivity index (χ2n) is 5.07. The average molecular weight is 285 g/mol. The average Bonchev–Trinajstić information content (AvgIpc) is 2.84. The lowest BCUT2D eigenvalue weighted by atomic mass is 10.0. The van der Waals surface area contributed by atoms with Crippen LogP contribution in [-0.2, 0) is 6.42 Å². The summed E-state index contributed by atoms with van der Waals surface area (Å²) in [6.45, 7) is 2.10. The minimum Gasteiger partial charge on any atom is -0.323 e. The molecule has 3 aromatic rings. The maximum Gasteiger partial charge on any atom is 0.124 e. The molecule has 1 heterocycles. The van der Waals surface area contributed by atoms with Crippen LogP contribution in [0.5, 0.6) is 0 Å². The predicted molar refractivity (Wildman–Crippen MR) is 83.6 cm³/mol. The molecule has 2 N–H and O–H groups in total. The van der Waals surface area contributed by atoms with Gasteiger partial charge in [0.25, 0.3) is 0 Å². The van der Waals surface area contributed by atoms with Crippen molar-refractivity contribution in [3.63, 3.8) is 0 Å². The van der Waals surface area contributed by atoms with Crippen molar-refractivity contribution in [3.05, 3.63) is 70.4 Å². The molecule has 1 nitrogen and oxygen atoms in total. The molecular formula is C17H16FNS. The van der Waals surface area contributed by atoms with Crippen LogP contribution in [0.25, 0.3) is 10.1 Å². The molecule has 3 rings (SSSR count). The van der Waals surface area contributed by atoms with Crippen LogP contribution in [0, 0.1) is 12.7 Å². The summed E-state index contributed by atoms with van der Waals surface area (Å²) >= 11 is 1.58. The van der Waals surface area contributed by atoms with Crippen molar-refractivity contribution in [1.29, 1.82) is 0 Å². The minimum absolute atomic E-state index is 0.0449. The molecule has 0 aliphatic heterocycles. The van der Waals surface area contributed by atoms with E-state index in [1.54, 1.807) is 17.4 Å². The van der Waals surface area contributed by atoms with E-state index in [2.05, 4.69) is 25.1 Å². The summed E-state index contributed by atoms with van der Waals surface area (Å²) in [7, 11) is 0. The van der Waals surface area contributed by atoms with E-state index < -0.39 is 0 Å². The second kappa shape index (κ2) is 5.35. The third-order valence-electron chi connectivity index (χ3n) is 3.57. The zero-order valence-corrected chi connectivity index (χ0v) is 12.1. The Morgan fingerprint density at radius 3 is 2.75 bits per heavy atom. The van der Waals surface area contributed by atoms with Gasteiger partial charge in [-0.2, -0.15) is 0 Å². The molecule has 1 atom stereocenters. The van der Waals surface area contributed by atoms with Crippen LogP contribution in [0.2, 0.25) is 0 Å². The van der Waals surface area contributed by atoms with Crippen LogP contribution in [0.4, 0.5) is 4.39 Å². The molecule has 0 spiro atoms. The third kappa shape index (κ3) is 2.60. The van der Waals surface area contributed by atoms with Gasteiger partial charge in [0.05, 0.1) is 0 Å². The lowest BCUT2D eigenvalue weighted by Gasteiger charge is -2.11. The largest absolute Gasteiger partial charge is 0.323 e. The predicted octanol–water partition coefficient (Wildman–Crippen LogP) is 4.59. The van der Waals surface area contributed by atoms with Gasteiger partial charge in [0.2, 0.25) is 0 Å². The fraction of sp³-hybridized carbons (Fsp3) is 0.176. The molecule has 0 aliphatic carbocycles. The molecule has 20 heavy (non-hydrogen) atoms. The molecule has 3 heteroatoms. The van der Waals surface area contributed by atoms with Gasteiger partial charge >= 0.3 is 0 Å². The lowest BCUT2D eigenvalue weighted by molar-refractivity contribution is 0.630. The van der Waals surface area contributed by atoms with Gasteiger partial charge in [-0.05, 0) is 48.1 Å². The zero-order valence-electron chi connectivity index (χ0n) is 11.3. The van der Waals surface area contributed by atoms with E-state index in [0.29, 0.717) is 0 Å². The van der Waals surface area contributed by atoms with Gasteiger partial charge in [-0.25, -0.2) is 4.39 Å². The molecular weight excluding hydrogens is 269 g/mol. The van der Waals surface area contributed by atoms with Crippen LogP contribution < -0.4 is 5.73 Å². The Hall–Kier alpha value is -1.71. The highest BCUT2D eigenvalue weighted by Gasteiger charge is 2.12. The van der Waals surface area contributed by atoms with E-state index in [1.807, 2.05) is 18.2 Å². The van der Waals surface area contributed by atoms with E-state index in [1.165, 1.54) is 17.2 Å². The van der Waals surface area contributed by atoms with Crippen LogP contribution in [0.15, 0.2) is 48.5 Å². The molecule has 1 unspecified atom stereocenters. The highest BCUT2D eigenvalue weighted by Crippen LogP contribution is 2.31. The topological polar surface area (TPSA) is 26.0 Å². The molecule has 0 radical (unpaired) electrons. The first-order valence-electron chi connectivity index (χ1n) is 6.62. The molecule has 0 aliphatic rings. The van der Waals surface area contributed by atoms with Crippen molar-refractivity contribution in [2.45, 2.75) is 19.4 Å². The maximum atomic E-state index is 13.2. The summed E-state index contributed by atoms with van der Waals surface area (Å²) in [5.41, 5.74) is 8.84. The number of nitrogens with two attached hydrogens (primary N) is 1. The van der Waals surface area contributed by atoms with Gasteiger partial charge in [-0.15, -0.1) is 11.3 Å². The number of thiophene rings is 1. The number of rotatable bonds is 3. The molecule has 1 aromatic heterocycles. The van der Waals surface area contributed by atoms with Crippen molar-refractivity contribution in [2.24, 2.45) is 5.73 Å². The number of hydrogen-bond acceptors (Lipinski definition) is 2. The van der Waals surface area contributed by atoms with Gasteiger partial charge in [0.15, 0.2) is 0 Å². The van der Waals surface area contributed by atoms with Crippen molar-refractivity contribution >= 4 is 21.4 Å². The van der Waals surface area contributed by atoms with E-state index in [9.17, 15) is 4.39 Å². The SMILES string of the molecule is Cc1ccccc1CC(N)c1cc2ccc(F)cc2s1. The number of halogens is 1. The Morgan fingerprint density at radius 1 is 1.15 bits per heavy atom. The molecule has 2 aromatic carbocycles. The van der Waals surface area contributed by atoms with E-state index >= 15 is 0 Å². The minimum atomic E-state index is -0.196. The Bertz CT molecular complexity index is 748. The third-order valence-corrected chi connectivity index (χ3v) is 4.80. The maximum absolute atomic E-state index is 13.2. The van der Waals surface area contributed by atoms with E-state index in [0.717, 1.165) is 21.4 Å². The highest BCUT2D eigenvalue weighted by molar-refractivity contribution is 7.19. The van der Waals surface area contributed by atoms with Crippen LogP contribution >= 0.6 is 11.3 Å². The fourth-order valence-electron chi connectivity index (χ4n) is 2.38. The summed E-state index contributed by atoms with van der Waals surface area (Å²) in [5.74, 6) is -0.196. The smallest absolute Gasteiger partial charge is 0.124 e. The molecule has 0 bridgehead atoms. The number of fused-ring (bicyclic) bond motifs is 1. The van der Waals surface area contributed by atoms with Gasteiger partial charge < -0.3 is 5.73 Å². The first-order valence-corrected chi connectivity index (χ1v) is 7.44.